The summed E-state index contributed by atoms with van der Waals surface area (Å²) in [6.07, 6.45) is 2.61. The number of rotatable bonds is 6. The van der Waals surface area contributed by atoms with Gasteiger partial charge in [0.15, 0.2) is 0 Å². The van der Waals surface area contributed by atoms with Crippen LogP contribution in [0.3, 0.4) is 0 Å². The molecule has 3 heteroatoms. The van der Waals surface area contributed by atoms with Crippen LogP contribution in [0, 0.1) is 0 Å². The number of ether oxygens (including phenoxy) is 1. The Kier molecular flexibility index (Phi) is 5.87. The van der Waals surface area contributed by atoms with E-state index in [9.17, 15) is 4.79 Å². The first-order chi connectivity index (χ1) is 8.90. The summed E-state index contributed by atoms with van der Waals surface area (Å²) < 4.78 is 5.75. The Morgan fingerprint density at radius 2 is 1.84 bits per heavy atom. The van der Waals surface area contributed by atoms with E-state index in [2.05, 4.69) is 12.2 Å². The number of carbonyl (C=O) groups excluding carboxylic acids is 1. The van der Waals surface area contributed by atoms with Gasteiger partial charge in [0.25, 0.3) is 0 Å². The van der Waals surface area contributed by atoms with Crippen molar-refractivity contribution in [3.05, 3.63) is 29.8 Å². The third-order valence-electron chi connectivity index (χ3n) is 2.59. The highest BCUT2D eigenvalue weighted by Crippen LogP contribution is 2.18. The Hall–Kier alpha value is -1.51. The Balaban J connectivity index is 2.42. The average Bonchev–Trinajstić information content (AvgIpc) is 2.33. The molecule has 0 bridgehead atoms. The molecule has 1 amide bonds. The van der Waals surface area contributed by atoms with Crippen LogP contribution in [-0.2, 0) is 11.3 Å². The second kappa shape index (κ2) is 7.17. The maximum Gasteiger partial charge on any atom is 0.220 e. The van der Waals surface area contributed by atoms with Gasteiger partial charge in [0.1, 0.15) is 11.4 Å². The molecule has 0 aliphatic carbocycles. The van der Waals surface area contributed by atoms with E-state index in [1.807, 2.05) is 45.0 Å². The van der Waals surface area contributed by atoms with E-state index < -0.39 is 0 Å². The highest BCUT2D eigenvalue weighted by molar-refractivity contribution is 5.75. The molecule has 0 aromatic heterocycles. The van der Waals surface area contributed by atoms with Crippen LogP contribution in [0.5, 0.6) is 5.75 Å². The largest absolute Gasteiger partial charge is 0.488 e. The molecule has 0 radical (unpaired) electrons. The lowest BCUT2D eigenvalue weighted by Gasteiger charge is -2.21. The predicted octanol–water partition coefficient (Wildman–Crippen LogP) is 3.67. The van der Waals surface area contributed by atoms with Gasteiger partial charge in [-0.1, -0.05) is 25.5 Å². The van der Waals surface area contributed by atoms with Crippen LogP contribution >= 0.6 is 0 Å². The van der Waals surface area contributed by atoms with Crippen molar-refractivity contribution in [3.8, 4) is 5.75 Å². The molecule has 3 nitrogen and oxygen atoms in total. The van der Waals surface area contributed by atoms with Crippen molar-refractivity contribution < 1.29 is 9.53 Å². The maximum absolute atomic E-state index is 11.5. The van der Waals surface area contributed by atoms with Crippen molar-refractivity contribution >= 4 is 5.91 Å². The smallest absolute Gasteiger partial charge is 0.220 e. The van der Waals surface area contributed by atoms with Gasteiger partial charge >= 0.3 is 0 Å². The summed E-state index contributed by atoms with van der Waals surface area (Å²) in [5, 5.41) is 2.92. The third-order valence-corrected chi connectivity index (χ3v) is 2.59. The number of benzene rings is 1. The van der Waals surface area contributed by atoms with Crippen LogP contribution in [0.15, 0.2) is 24.3 Å². The van der Waals surface area contributed by atoms with Gasteiger partial charge in [-0.15, -0.1) is 0 Å². The third kappa shape index (κ3) is 6.85. The molecule has 0 atom stereocenters. The molecule has 0 unspecified atom stereocenters. The van der Waals surface area contributed by atoms with E-state index >= 15 is 0 Å². The van der Waals surface area contributed by atoms with Gasteiger partial charge in [-0.3, -0.25) is 4.79 Å². The standard InChI is InChI=1S/C16H25NO2/c1-5-6-7-15(18)17-12-13-8-10-14(11-9-13)19-16(2,3)4/h8-11H,5-7,12H2,1-4H3,(H,17,18). The lowest BCUT2D eigenvalue weighted by molar-refractivity contribution is -0.121. The minimum Gasteiger partial charge on any atom is -0.488 e. The van der Waals surface area contributed by atoms with Crippen LogP contribution in [0.25, 0.3) is 0 Å². The molecule has 1 aromatic rings. The second-order valence-electron chi connectivity index (χ2n) is 5.74. The number of nitrogens with one attached hydrogen (secondary N) is 1. The molecular weight excluding hydrogens is 238 g/mol. The van der Waals surface area contributed by atoms with Crippen LogP contribution < -0.4 is 10.1 Å². The van der Waals surface area contributed by atoms with E-state index in [4.69, 9.17) is 4.74 Å². The lowest BCUT2D eigenvalue weighted by atomic mass is 10.1. The number of amides is 1. The van der Waals surface area contributed by atoms with Gasteiger partial charge in [-0.05, 0) is 44.9 Å². The van der Waals surface area contributed by atoms with Crippen molar-refractivity contribution in [2.45, 2.75) is 59.1 Å². The lowest BCUT2D eigenvalue weighted by Crippen LogP contribution is -2.23. The zero-order valence-corrected chi connectivity index (χ0v) is 12.5. The second-order valence-corrected chi connectivity index (χ2v) is 5.74. The first kappa shape index (κ1) is 15.5. The van der Waals surface area contributed by atoms with Gasteiger partial charge in [0.2, 0.25) is 5.91 Å². The number of hydrogen-bond acceptors (Lipinski definition) is 2. The summed E-state index contributed by atoms with van der Waals surface area (Å²) in [7, 11) is 0. The molecular formula is C16H25NO2. The fourth-order valence-electron chi connectivity index (χ4n) is 1.66. The number of carbonyl (C=O) groups is 1. The van der Waals surface area contributed by atoms with Crippen molar-refractivity contribution in [1.29, 1.82) is 0 Å². The van der Waals surface area contributed by atoms with Gasteiger partial charge in [0.05, 0.1) is 0 Å². The molecule has 1 N–H and O–H groups in total. The van der Waals surface area contributed by atoms with E-state index in [0.29, 0.717) is 13.0 Å². The van der Waals surface area contributed by atoms with Crippen molar-refractivity contribution in [1.82, 2.24) is 5.32 Å². The van der Waals surface area contributed by atoms with E-state index in [0.717, 1.165) is 24.2 Å². The van der Waals surface area contributed by atoms with Crippen molar-refractivity contribution in [2.24, 2.45) is 0 Å². The first-order valence-corrected chi connectivity index (χ1v) is 6.95. The van der Waals surface area contributed by atoms with Gasteiger partial charge in [-0.2, -0.15) is 0 Å². The summed E-state index contributed by atoms with van der Waals surface area (Å²) in [5.41, 5.74) is 0.904. The molecule has 0 heterocycles. The molecule has 1 rings (SSSR count). The monoisotopic (exact) mass is 263 g/mol. The quantitative estimate of drug-likeness (QED) is 0.850. The minimum absolute atomic E-state index is 0.122. The molecule has 0 saturated carbocycles. The molecule has 0 fully saturated rings. The van der Waals surface area contributed by atoms with Gasteiger partial charge < -0.3 is 10.1 Å². The average molecular weight is 263 g/mol. The molecule has 0 aliphatic rings. The molecule has 0 saturated heterocycles. The zero-order valence-electron chi connectivity index (χ0n) is 12.5. The summed E-state index contributed by atoms with van der Waals surface area (Å²) >= 11 is 0. The highest BCUT2D eigenvalue weighted by Gasteiger charge is 2.11. The van der Waals surface area contributed by atoms with E-state index in [-0.39, 0.29) is 11.5 Å². The van der Waals surface area contributed by atoms with E-state index in [1.165, 1.54) is 0 Å². The maximum atomic E-state index is 11.5. The SMILES string of the molecule is CCCCC(=O)NCc1ccc(OC(C)(C)C)cc1. The molecule has 0 aliphatic heterocycles. The summed E-state index contributed by atoms with van der Waals surface area (Å²) in [4.78, 5) is 11.5. The van der Waals surface area contributed by atoms with Crippen LogP contribution in [0.1, 0.15) is 52.5 Å². The van der Waals surface area contributed by atoms with Crippen LogP contribution in [0.4, 0.5) is 0 Å². The number of unbranched alkanes of at least 4 members (excludes halogenated alkanes) is 1. The Morgan fingerprint density at radius 1 is 1.21 bits per heavy atom. The van der Waals surface area contributed by atoms with Gasteiger partial charge in [-0.25, -0.2) is 0 Å². The summed E-state index contributed by atoms with van der Waals surface area (Å²) in [5.74, 6) is 0.977. The van der Waals surface area contributed by atoms with Gasteiger partial charge in [0, 0.05) is 13.0 Å². The van der Waals surface area contributed by atoms with Crippen molar-refractivity contribution in [3.63, 3.8) is 0 Å². The fourth-order valence-corrected chi connectivity index (χ4v) is 1.66. The van der Waals surface area contributed by atoms with Crippen LogP contribution in [0.2, 0.25) is 0 Å². The molecule has 19 heavy (non-hydrogen) atoms. The molecule has 0 spiro atoms. The Morgan fingerprint density at radius 3 is 2.37 bits per heavy atom. The molecule has 106 valence electrons. The highest BCUT2D eigenvalue weighted by atomic mass is 16.5. The fraction of sp³-hybridized carbons (Fsp3) is 0.562. The minimum atomic E-state index is -0.185. The number of hydrogen-bond donors (Lipinski definition) is 1. The zero-order chi connectivity index (χ0) is 14.3. The predicted molar refractivity (Wildman–Crippen MR) is 78.2 cm³/mol. The van der Waals surface area contributed by atoms with E-state index in [1.54, 1.807) is 0 Å². The van der Waals surface area contributed by atoms with Crippen LogP contribution in [-0.4, -0.2) is 11.5 Å². The summed E-state index contributed by atoms with van der Waals surface area (Å²) in [6.45, 7) is 8.73. The Bertz CT molecular complexity index is 390. The summed E-state index contributed by atoms with van der Waals surface area (Å²) in [6, 6.07) is 7.86. The topological polar surface area (TPSA) is 38.3 Å². The van der Waals surface area contributed by atoms with Crippen molar-refractivity contribution in [2.75, 3.05) is 0 Å². The molecule has 1 aromatic carbocycles. The Labute approximate surface area is 116 Å². The first-order valence-electron chi connectivity index (χ1n) is 6.95. The normalized spacial score (nSPS) is 11.2.